The number of fused-ring (bicyclic) bond motifs is 1. The number of hydrogen-bond donors (Lipinski definition) is 2. The highest BCUT2D eigenvalue weighted by molar-refractivity contribution is 6.04. The van der Waals surface area contributed by atoms with Crippen molar-refractivity contribution in [3.8, 4) is 11.1 Å². The Kier molecular flexibility index (Phi) is 5.43. The van der Waals surface area contributed by atoms with Crippen molar-refractivity contribution < 1.29 is 18.0 Å². The van der Waals surface area contributed by atoms with Crippen LogP contribution in [0.4, 0.5) is 24.7 Å². The number of rotatable bonds is 4. The second-order valence-electron chi connectivity index (χ2n) is 6.97. The van der Waals surface area contributed by atoms with Crippen LogP contribution in [-0.2, 0) is 6.18 Å². The topological polar surface area (TPSA) is 92.7 Å². The molecule has 0 saturated heterocycles. The number of hydrogen-bond acceptors (Lipinski definition) is 6. The van der Waals surface area contributed by atoms with E-state index in [2.05, 4.69) is 30.6 Å². The predicted octanol–water partition coefficient (Wildman–Crippen LogP) is 4.71. The third-order valence-electron chi connectivity index (χ3n) is 4.79. The van der Waals surface area contributed by atoms with Gasteiger partial charge in [0.2, 0.25) is 0 Å². The molecule has 0 fully saturated rings. The first-order valence-corrected chi connectivity index (χ1v) is 9.50. The second-order valence-corrected chi connectivity index (χ2v) is 6.97. The van der Waals surface area contributed by atoms with Gasteiger partial charge in [-0.1, -0.05) is 0 Å². The molecule has 4 heterocycles. The van der Waals surface area contributed by atoms with Crippen molar-refractivity contribution in [1.82, 2.24) is 19.9 Å². The highest BCUT2D eigenvalue weighted by Crippen LogP contribution is 2.29. The van der Waals surface area contributed by atoms with Gasteiger partial charge in [0.1, 0.15) is 11.5 Å². The van der Waals surface area contributed by atoms with E-state index >= 15 is 0 Å². The van der Waals surface area contributed by atoms with E-state index in [1.807, 2.05) is 19.1 Å². The van der Waals surface area contributed by atoms with Crippen molar-refractivity contribution >= 4 is 28.3 Å². The lowest BCUT2D eigenvalue weighted by atomic mass is 10.0. The largest absolute Gasteiger partial charge is 0.433 e. The number of pyridine rings is 4. The van der Waals surface area contributed by atoms with Gasteiger partial charge in [-0.2, -0.15) is 13.2 Å². The number of carbonyl (C=O) groups is 1. The number of halogens is 3. The Hall–Kier alpha value is -4.08. The van der Waals surface area contributed by atoms with Crippen LogP contribution < -0.4 is 10.6 Å². The van der Waals surface area contributed by atoms with Gasteiger partial charge in [0.25, 0.3) is 5.91 Å². The van der Waals surface area contributed by atoms with Gasteiger partial charge in [-0.25, -0.2) is 4.98 Å². The Balaban J connectivity index is 1.63. The first-order valence-electron chi connectivity index (χ1n) is 9.50. The van der Waals surface area contributed by atoms with Gasteiger partial charge in [-0.15, -0.1) is 0 Å². The van der Waals surface area contributed by atoms with Gasteiger partial charge in [-0.3, -0.25) is 19.7 Å². The number of carbonyl (C=O) groups excluding carboxylic acids is 1. The van der Waals surface area contributed by atoms with E-state index in [1.165, 1.54) is 12.3 Å². The molecule has 4 aromatic heterocycles. The zero-order chi connectivity index (χ0) is 22.9. The maximum Gasteiger partial charge on any atom is 0.433 e. The number of nitrogens with one attached hydrogen (secondary N) is 2. The third kappa shape index (κ3) is 4.34. The van der Waals surface area contributed by atoms with Gasteiger partial charge >= 0.3 is 6.18 Å². The molecule has 0 aliphatic carbocycles. The number of aromatic nitrogens is 4. The standard InChI is InChI=1S/C22H17F3N6O/c1-12-17(14-5-15-10-30-20(26-2)8-18(15)29-9-14)7-16(11-28-12)31-21(32)13-3-4-27-19(6-13)22(23,24)25/h3-11H,1-2H3,(H,26,30)(H,31,32). The van der Waals surface area contributed by atoms with E-state index in [0.29, 0.717) is 23.3 Å². The fourth-order valence-corrected chi connectivity index (χ4v) is 3.13. The molecule has 0 spiro atoms. The minimum absolute atomic E-state index is 0.159. The molecule has 4 rings (SSSR count). The van der Waals surface area contributed by atoms with E-state index in [-0.39, 0.29) is 5.56 Å². The summed E-state index contributed by atoms with van der Waals surface area (Å²) < 4.78 is 38.6. The molecule has 0 bridgehead atoms. The smallest absolute Gasteiger partial charge is 0.373 e. The van der Waals surface area contributed by atoms with E-state index in [9.17, 15) is 18.0 Å². The van der Waals surface area contributed by atoms with Crippen LogP contribution in [0.1, 0.15) is 21.7 Å². The Morgan fingerprint density at radius 1 is 0.969 bits per heavy atom. The molecule has 10 heteroatoms. The van der Waals surface area contributed by atoms with E-state index in [0.717, 1.165) is 28.2 Å². The third-order valence-corrected chi connectivity index (χ3v) is 4.79. The predicted molar refractivity (Wildman–Crippen MR) is 114 cm³/mol. The lowest BCUT2D eigenvalue weighted by Gasteiger charge is -2.11. The average molecular weight is 438 g/mol. The molecular formula is C22H17F3N6O. The lowest BCUT2D eigenvalue weighted by molar-refractivity contribution is -0.141. The first kappa shape index (κ1) is 21.2. The number of aryl methyl sites for hydroxylation is 1. The highest BCUT2D eigenvalue weighted by Gasteiger charge is 2.33. The Morgan fingerprint density at radius 2 is 1.78 bits per heavy atom. The maximum atomic E-state index is 12.9. The first-order chi connectivity index (χ1) is 15.2. The van der Waals surface area contributed by atoms with Gasteiger partial charge < -0.3 is 10.6 Å². The Bertz CT molecular complexity index is 1320. The Labute approximate surface area is 180 Å². The summed E-state index contributed by atoms with van der Waals surface area (Å²) in [5.41, 5.74) is 2.00. The zero-order valence-electron chi connectivity index (χ0n) is 17.0. The van der Waals surface area contributed by atoms with Crippen molar-refractivity contribution in [2.75, 3.05) is 17.7 Å². The van der Waals surface area contributed by atoms with E-state index < -0.39 is 17.8 Å². The van der Waals surface area contributed by atoms with Crippen LogP contribution in [0.25, 0.3) is 22.0 Å². The summed E-state index contributed by atoms with van der Waals surface area (Å²) in [5.74, 6) is 0.0000315. The molecule has 32 heavy (non-hydrogen) atoms. The fourth-order valence-electron chi connectivity index (χ4n) is 3.13. The van der Waals surface area contributed by atoms with Crippen LogP contribution in [0.3, 0.4) is 0 Å². The second kappa shape index (κ2) is 8.22. The highest BCUT2D eigenvalue weighted by atomic mass is 19.4. The summed E-state index contributed by atoms with van der Waals surface area (Å²) in [7, 11) is 1.77. The molecule has 0 aliphatic heterocycles. The van der Waals surface area contributed by atoms with Crippen molar-refractivity contribution in [2.24, 2.45) is 0 Å². The van der Waals surface area contributed by atoms with Crippen molar-refractivity contribution in [2.45, 2.75) is 13.1 Å². The zero-order valence-corrected chi connectivity index (χ0v) is 17.0. The number of anilines is 2. The Morgan fingerprint density at radius 3 is 2.53 bits per heavy atom. The molecule has 0 unspecified atom stereocenters. The maximum absolute atomic E-state index is 12.9. The molecule has 2 N–H and O–H groups in total. The van der Waals surface area contributed by atoms with Gasteiger partial charge in [-0.05, 0) is 31.2 Å². The molecule has 0 radical (unpaired) electrons. The average Bonchev–Trinajstić information content (AvgIpc) is 2.79. The van der Waals surface area contributed by atoms with Crippen LogP contribution in [0.5, 0.6) is 0 Å². The summed E-state index contributed by atoms with van der Waals surface area (Å²) >= 11 is 0. The lowest BCUT2D eigenvalue weighted by Crippen LogP contribution is -2.15. The number of amides is 1. The monoisotopic (exact) mass is 438 g/mol. The quantitative estimate of drug-likeness (QED) is 0.480. The molecule has 0 aromatic carbocycles. The van der Waals surface area contributed by atoms with Crippen LogP contribution in [0.15, 0.2) is 55.1 Å². The molecular weight excluding hydrogens is 421 g/mol. The van der Waals surface area contributed by atoms with Crippen molar-refractivity contribution in [3.63, 3.8) is 0 Å². The molecule has 4 aromatic rings. The fraction of sp³-hybridized carbons (Fsp3) is 0.136. The molecule has 0 atom stereocenters. The molecule has 7 nitrogen and oxygen atoms in total. The normalized spacial score (nSPS) is 11.4. The SMILES string of the molecule is CNc1cc2ncc(-c3cc(NC(=O)c4ccnc(C(F)(F)F)c4)cnc3C)cc2cn1. The van der Waals surface area contributed by atoms with E-state index in [4.69, 9.17) is 0 Å². The molecule has 1 amide bonds. The van der Waals surface area contributed by atoms with Crippen LogP contribution in [-0.4, -0.2) is 32.9 Å². The molecule has 0 aliphatic rings. The summed E-state index contributed by atoms with van der Waals surface area (Å²) in [6.45, 7) is 1.81. The van der Waals surface area contributed by atoms with E-state index in [1.54, 1.807) is 25.5 Å². The molecule has 162 valence electrons. The minimum atomic E-state index is -4.64. The van der Waals surface area contributed by atoms with Crippen molar-refractivity contribution in [3.05, 3.63) is 72.1 Å². The summed E-state index contributed by atoms with van der Waals surface area (Å²) in [6.07, 6.45) is 1.15. The minimum Gasteiger partial charge on any atom is -0.373 e. The van der Waals surface area contributed by atoms with Crippen LogP contribution in [0.2, 0.25) is 0 Å². The summed E-state index contributed by atoms with van der Waals surface area (Å²) in [5, 5.41) is 6.37. The number of nitrogens with zero attached hydrogens (tertiary/aromatic N) is 4. The molecule has 0 saturated carbocycles. The number of alkyl halides is 3. The van der Waals surface area contributed by atoms with Gasteiger partial charge in [0.05, 0.1) is 17.4 Å². The van der Waals surface area contributed by atoms with Crippen molar-refractivity contribution in [1.29, 1.82) is 0 Å². The summed E-state index contributed by atoms with van der Waals surface area (Å²) in [6, 6.07) is 7.35. The summed E-state index contributed by atoms with van der Waals surface area (Å²) in [4.78, 5) is 28.8. The van der Waals surface area contributed by atoms with Crippen LogP contribution in [0, 0.1) is 6.92 Å². The van der Waals surface area contributed by atoms with Gasteiger partial charge in [0, 0.05) is 59.5 Å². The van der Waals surface area contributed by atoms with Gasteiger partial charge in [0.15, 0.2) is 0 Å². The van der Waals surface area contributed by atoms with Crippen LogP contribution >= 0.6 is 0 Å².